The molecule has 0 fully saturated rings. The average Bonchev–Trinajstić information content (AvgIpc) is 2.67. The van der Waals surface area contributed by atoms with Crippen LogP contribution in [0.25, 0.3) is 0 Å². The molecule has 26 heavy (non-hydrogen) atoms. The van der Waals surface area contributed by atoms with Crippen molar-refractivity contribution in [2.24, 2.45) is 0 Å². The minimum atomic E-state index is -0.387. The Labute approximate surface area is 163 Å². The van der Waals surface area contributed by atoms with Crippen LogP contribution in [0, 0.1) is 0 Å². The van der Waals surface area contributed by atoms with E-state index in [1.54, 1.807) is 41.7 Å². The van der Waals surface area contributed by atoms with Crippen LogP contribution >= 0.6 is 23.5 Å². The number of carbonyl (C=O) groups is 1. The van der Waals surface area contributed by atoms with Crippen LogP contribution in [0.2, 0.25) is 0 Å². The SMILES string of the molecule is COc1cc(C(=O)OCCCSCCO)ccc1OCCCSCCO. The third-order valence-electron chi connectivity index (χ3n) is 3.23. The molecule has 1 aromatic rings. The molecule has 1 aromatic carbocycles. The van der Waals surface area contributed by atoms with Crippen LogP contribution in [0.4, 0.5) is 0 Å². The maximum atomic E-state index is 12.1. The number of hydrogen-bond acceptors (Lipinski definition) is 8. The fourth-order valence-electron chi connectivity index (χ4n) is 2.00. The summed E-state index contributed by atoms with van der Waals surface area (Å²) < 4.78 is 16.3. The number of hydrogen-bond donors (Lipinski definition) is 2. The minimum Gasteiger partial charge on any atom is -0.493 e. The molecule has 0 radical (unpaired) electrons. The summed E-state index contributed by atoms with van der Waals surface area (Å²) in [6, 6.07) is 5.01. The number of esters is 1. The first-order valence-corrected chi connectivity index (χ1v) is 10.9. The van der Waals surface area contributed by atoms with Crippen LogP contribution in [0.3, 0.4) is 0 Å². The number of thioether (sulfide) groups is 2. The molecule has 0 spiro atoms. The van der Waals surface area contributed by atoms with Crippen molar-refractivity contribution in [2.75, 3.05) is 56.5 Å². The number of carbonyl (C=O) groups excluding carboxylic acids is 1. The quantitative estimate of drug-likeness (QED) is 0.341. The maximum Gasteiger partial charge on any atom is 0.338 e. The van der Waals surface area contributed by atoms with Gasteiger partial charge < -0.3 is 24.4 Å². The predicted octanol–water partition coefficient (Wildman–Crippen LogP) is 2.46. The summed E-state index contributed by atoms with van der Waals surface area (Å²) in [5.41, 5.74) is 0.427. The smallest absolute Gasteiger partial charge is 0.338 e. The van der Waals surface area contributed by atoms with Crippen molar-refractivity contribution in [2.45, 2.75) is 12.8 Å². The van der Waals surface area contributed by atoms with E-state index in [-0.39, 0.29) is 19.2 Å². The molecule has 0 amide bonds. The van der Waals surface area contributed by atoms with E-state index in [0.717, 1.165) is 30.1 Å². The second-order valence-corrected chi connectivity index (χ2v) is 7.68. The molecule has 148 valence electrons. The molecule has 0 bridgehead atoms. The summed E-state index contributed by atoms with van der Waals surface area (Å²) in [4.78, 5) is 12.1. The van der Waals surface area contributed by atoms with Gasteiger partial charge in [0.2, 0.25) is 0 Å². The lowest BCUT2D eigenvalue weighted by atomic mass is 10.2. The summed E-state index contributed by atoms with van der Waals surface area (Å²) in [5, 5.41) is 17.4. The molecule has 0 aromatic heterocycles. The van der Waals surface area contributed by atoms with Gasteiger partial charge in [-0.3, -0.25) is 0 Å². The highest BCUT2D eigenvalue weighted by molar-refractivity contribution is 7.99. The van der Waals surface area contributed by atoms with Crippen molar-refractivity contribution in [1.82, 2.24) is 0 Å². The van der Waals surface area contributed by atoms with E-state index < -0.39 is 0 Å². The van der Waals surface area contributed by atoms with E-state index in [9.17, 15) is 4.79 Å². The van der Waals surface area contributed by atoms with E-state index in [0.29, 0.717) is 36.0 Å². The van der Waals surface area contributed by atoms with Crippen LogP contribution in [-0.4, -0.2) is 72.7 Å². The van der Waals surface area contributed by atoms with Crippen LogP contribution in [0.1, 0.15) is 23.2 Å². The summed E-state index contributed by atoms with van der Waals surface area (Å²) in [6.45, 7) is 1.26. The lowest BCUT2D eigenvalue weighted by Gasteiger charge is -2.12. The van der Waals surface area contributed by atoms with Gasteiger partial charge in [0.15, 0.2) is 11.5 Å². The summed E-state index contributed by atoms with van der Waals surface area (Å²) in [7, 11) is 1.53. The van der Waals surface area contributed by atoms with E-state index in [2.05, 4.69) is 0 Å². The molecule has 2 N–H and O–H groups in total. The Morgan fingerprint density at radius 1 is 0.962 bits per heavy atom. The van der Waals surface area contributed by atoms with Gasteiger partial charge in [0.25, 0.3) is 0 Å². The van der Waals surface area contributed by atoms with Gasteiger partial charge in [-0.25, -0.2) is 4.79 Å². The zero-order valence-electron chi connectivity index (χ0n) is 15.1. The van der Waals surface area contributed by atoms with E-state index in [1.807, 2.05) is 0 Å². The lowest BCUT2D eigenvalue weighted by molar-refractivity contribution is 0.0506. The highest BCUT2D eigenvalue weighted by Crippen LogP contribution is 2.28. The standard InChI is InChI=1S/C18H28O6S2/c1-22-17-14-15(18(21)24-9-3-11-26-13-7-20)4-5-16(17)23-8-2-10-25-12-6-19/h4-5,14,19-20H,2-3,6-13H2,1H3. The Morgan fingerprint density at radius 3 is 2.23 bits per heavy atom. The predicted molar refractivity (Wildman–Crippen MR) is 107 cm³/mol. The zero-order valence-corrected chi connectivity index (χ0v) is 16.8. The summed E-state index contributed by atoms with van der Waals surface area (Å²) in [6.07, 6.45) is 1.62. The summed E-state index contributed by atoms with van der Waals surface area (Å²) in [5.74, 6) is 3.91. The molecule has 0 aliphatic carbocycles. The normalized spacial score (nSPS) is 10.6. The van der Waals surface area contributed by atoms with Gasteiger partial charge in [0, 0.05) is 11.5 Å². The third kappa shape index (κ3) is 9.56. The Morgan fingerprint density at radius 2 is 1.62 bits per heavy atom. The molecule has 8 heteroatoms. The largest absolute Gasteiger partial charge is 0.493 e. The molecule has 0 aliphatic rings. The zero-order chi connectivity index (χ0) is 19.0. The van der Waals surface area contributed by atoms with Crippen LogP contribution in [-0.2, 0) is 4.74 Å². The highest BCUT2D eigenvalue weighted by atomic mass is 32.2. The van der Waals surface area contributed by atoms with Crippen LogP contribution < -0.4 is 9.47 Å². The Balaban J connectivity index is 2.39. The number of rotatable bonds is 15. The second kappa shape index (κ2) is 15.0. The van der Waals surface area contributed by atoms with Crippen molar-refractivity contribution < 1.29 is 29.2 Å². The Hall–Kier alpha value is -1.09. The first kappa shape index (κ1) is 23.0. The van der Waals surface area contributed by atoms with E-state index >= 15 is 0 Å². The average molecular weight is 405 g/mol. The van der Waals surface area contributed by atoms with Crippen molar-refractivity contribution >= 4 is 29.5 Å². The van der Waals surface area contributed by atoms with E-state index in [4.69, 9.17) is 24.4 Å². The van der Waals surface area contributed by atoms with Crippen molar-refractivity contribution in [1.29, 1.82) is 0 Å². The molecular formula is C18H28O6S2. The van der Waals surface area contributed by atoms with Crippen LogP contribution in [0.5, 0.6) is 11.5 Å². The monoisotopic (exact) mass is 404 g/mol. The molecule has 0 saturated heterocycles. The summed E-state index contributed by atoms with van der Waals surface area (Å²) >= 11 is 3.31. The molecular weight excluding hydrogens is 376 g/mol. The Bertz CT molecular complexity index is 512. The lowest BCUT2D eigenvalue weighted by Crippen LogP contribution is -2.08. The fourth-order valence-corrected chi connectivity index (χ4v) is 3.31. The number of aliphatic hydroxyl groups is 2. The second-order valence-electron chi connectivity index (χ2n) is 5.23. The maximum absolute atomic E-state index is 12.1. The van der Waals surface area contributed by atoms with Gasteiger partial charge in [-0.2, -0.15) is 23.5 Å². The van der Waals surface area contributed by atoms with Gasteiger partial charge >= 0.3 is 5.97 Å². The Kier molecular flexibility index (Phi) is 13.3. The van der Waals surface area contributed by atoms with Gasteiger partial charge in [-0.1, -0.05) is 0 Å². The van der Waals surface area contributed by atoms with Gasteiger partial charge in [-0.15, -0.1) is 0 Å². The molecule has 0 atom stereocenters. The third-order valence-corrected chi connectivity index (χ3v) is 5.32. The van der Waals surface area contributed by atoms with Crippen molar-refractivity contribution in [3.05, 3.63) is 23.8 Å². The molecule has 6 nitrogen and oxygen atoms in total. The first-order valence-electron chi connectivity index (χ1n) is 8.58. The number of methoxy groups -OCH3 is 1. The van der Waals surface area contributed by atoms with Gasteiger partial charge in [-0.05, 0) is 42.5 Å². The highest BCUT2D eigenvalue weighted by Gasteiger charge is 2.12. The van der Waals surface area contributed by atoms with Crippen LogP contribution in [0.15, 0.2) is 18.2 Å². The molecule has 1 rings (SSSR count). The molecule has 0 heterocycles. The molecule has 0 saturated carbocycles. The first-order chi connectivity index (χ1) is 12.7. The van der Waals surface area contributed by atoms with Gasteiger partial charge in [0.1, 0.15) is 0 Å². The topological polar surface area (TPSA) is 85.2 Å². The van der Waals surface area contributed by atoms with E-state index in [1.165, 1.54) is 7.11 Å². The number of ether oxygens (including phenoxy) is 3. The number of benzene rings is 1. The minimum absolute atomic E-state index is 0.167. The molecule has 0 aliphatic heterocycles. The number of aliphatic hydroxyl groups excluding tert-OH is 2. The molecule has 0 unspecified atom stereocenters. The van der Waals surface area contributed by atoms with Crippen molar-refractivity contribution in [3.8, 4) is 11.5 Å². The van der Waals surface area contributed by atoms with Crippen molar-refractivity contribution in [3.63, 3.8) is 0 Å². The van der Waals surface area contributed by atoms with Gasteiger partial charge in [0.05, 0.1) is 39.1 Å². The fraction of sp³-hybridized carbons (Fsp3) is 0.611.